The van der Waals surface area contributed by atoms with Crippen molar-refractivity contribution in [1.29, 1.82) is 5.26 Å². The zero-order valence-corrected chi connectivity index (χ0v) is 20.6. The molecule has 0 radical (unpaired) electrons. The first-order valence-corrected chi connectivity index (χ1v) is 12.1. The molecule has 8 nitrogen and oxygen atoms in total. The van der Waals surface area contributed by atoms with Gasteiger partial charge in [-0.25, -0.2) is 9.59 Å². The van der Waals surface area contributed by atoms with Gasteiger partial charge in [0.1, 0.15) is 17.8 Å². The molecule has 2 atom stereocenters. The summed E-state index contributed by atoms with van der Waals surface area (Å²) in [5.74, 6) is -0.422. The lowest BCUT2D eigenvalue weighted by molar-refractivity contribution is -0.106. The SMILES string of the molecule is CC(C)(C)OC(=O)N1[C@@H]2COC[C@@H]1CC(OC(=O)c1cn(-c3ccccc3C#N)c3ccccc13)C2. The summed E-state index contributed by atoms with van der Waals surface area (Å²) in [5, 5.41) is 10.3. The summed E-state index contributed by atoms with van der Waals surface area (Å²) >= 11 is 0. The van der Waals surface area contributed by atoms with Gasteiger partial charge in [-0.3, -0.25) is 4.90 Å². The van der Waals surface area contributed by atoms with Crippen LogP contribution in [-0.4, -0.2) is 58.5 Å². The van der Waals surface area contributed by atoms with Crippen molar-refractivity contribution in [2.24, 2.45) is 0 Å². The van der Waals surface area contributed by atoms with E-state index in [2.05, 4.69) is 6.07 Å². The van der Waals surface area contributed by atoms with E-state index in [9.17, 15) is 14.9 Å². The van der Waals surface area contributed by atoms with Crippen molar-refractivity contribution in [3.8, 4) is 11.8 Å². The van der Waals surface area contributed by atoms with Gasteiger partial charge in [0.15, 0.2) is 0 Å². The summed E-state index contributed by atoms with van der Waals surface area (Å²) in [5.41, 5.74) is 1.88. The van der Waals surface area contributed by atoms with E-state index in [0.29, 0.717) is 42.9 Å². The molecule has 0 N–H and O–H groups in total. The molecule has 5 rings (SSSR count). The number of nitriles is 1. The number of carbonyl (C=O) groups is 2. The number of hydrogen-bond acceptors (Lipinski definition) is 6. The topological polar surface area (TPSA) is 93.8 Å². The molecule has 0 aliphatic carbocycles. The second kappa shape index (κ2) is 9.32. The number of rotatable bonds is 3. The van der Waals surface area contributed by atoms with Crippen LogP contribution in [0.5, 0.6) is 0 Å². The standard InChI is InChI=1S/C28H29N3O5/c1-28(2,3)36-27(33)31-19-12-21(13-20(31)17-34-16-19)35-26(32)23-15-30(25-11-7-5-9-22(23)25)24-10-6-4-8-18(24)14-29/h4-11,15,19-21H,12-13,16-17H2,1-3H3/t19-,20-/m0/s1. The van der Waals surface area contributed by atoms with Crippen molar-refractivity contribution in [1.82, 2.24) is 9.47 Å². The zero-order valence-electron chi connectivity index (χ0n) is 20.6. The molecule has 0 saturated carbocycles. The van der Waals surface area contributed by atoms with Gasteiger partial charge >= 0.3 is 12.1 Å². The molecule has 186 valence electrons. The summed E-state index contributed by atoms with van der Waals surface area (Å²) in [4.78, 5) is 28.0. The van der Waals surface area contributed by atoms with Gasteiger partial charge in [-0.15, -0.1) is 0 Å². The first kappa shape index (κ1) is 23.9. The average molecular weight is 488 g/mol. The van der Waals surface area contributed by atoms with Gasteiger partial charge in [-0.2, -0.15) is 5.26 Å². The maximum atomic E-state index is 13.4. The van der Waals surface area contributed by atoms with E-state index >= 15 is 0 Å². The van der Waals surface area contributed by atoms with Crippen molar-refractivity contribution in [2.75, 3.05) is 13.2 Å². The normalized spacial score (nSPS) is 21.6. The van der Waals surface area contributed by atoms with Gasteiger partial charge < -0.3 is 18.8 Å². The third-order valence-corrected chi connectivity index (χ3v) is 6.57. The number of amides is 1. The molecule has 8 heteroatoms. The smallest absolute Gasteiger partial charge is 0.410 e. The average Bonchev–Trinajstić information content (AvgIpc) is 3.22. The van der Waals surface area contributed by atoms with Crippen molar-refractivity contribution in [3.63, 3.8) is 0 Å². The third kappa shape index (κ3) is 4.54. The Labute approximate surface area is 210 Å². The van der Waals surface area contributed by atoms with E-state index in [1.54, 1.807) is 17.2 Å². The molecule has 2 aliphatic rings. The Bertz CT molecular complexity index is 1340. The van der Waals surface area contributed by atoms with Crippen molar-refractivity contribution in [3.05, 3.63) is 65.9 Å². The lowest BCUT2D eigenvalue weighted by atomic mass is 9.92. The number of piperidine rings is 1. The summed E-state index contributed by atoms with van der Waals surface area (Å²) in [6.45, 7) is 6.30. The van der Waals surface area contributed by atoms with Gasteiger partial charge in [-0.1, -0.05) is 30.3 Å². The number of nitrogens with zero attached hydrogens (tertiary/aromatic N) is 3. The minimum atomic E-state index is -0.589. The Morgan fingerprint density at radius 2 is 1.69 bits per heavy atom. The zero-order chi connectivity index (χ0) is 25.4. The fourth-order valence-corrected chi connectivity index (χ4v) is 5.11. The highest BCUT2D eigenvalue weighted by atomic mass is 16.6. The van der Waals surface area contributed by atoms with Crippen LogP contribution in [0, 0.1) is 11.3 Å². The van der Waals surface area contributed by atoms with Crippen molar-refractivity contribution < 1.29 is 23.8 Å². The van der Waals surface area contributed by atoms with Crippen LogP contribution in [0.25, 0.3) is 16.6 Å². The van der Waals surface area contributed by atoms with Gasteiger partial charge in [0.2, 0.25) is 0 Å². The molecule has 1 amide bonds. The van der Waals surface area contributed by atoms with E-state index < -0.39 is 11.6 Å². The van der Waals surface area contributed by atoms with Gasteiger partial charge in [0.25, 0.3) is 0 Å². The van der Waals surface area contributed by atoms with Crippen LogP contribution < -0.4 is 0 Å². The molecule has 0 spiro atoms. The van der Waals surface area contributed by atoms with E-state index in [1.165, 1.54) is 0 Å². The summed E-state index contributed by atoms with van der Waals surface area (Å²) in [6.07, 6.45) is 2.01. The number of fused-ring (bicyclic) bond motifs is 3. The third-order valence-electron chi connectivity index (χ3n) is 6.57. The van der Waals surface area contributed by atoms with Gasteiger partial charge in [0.05, 0.1) is 47.6 Å². The van der Waals surface area contributed by atoms with Crippen LogP contribution in [0.3, 0.4) is 0 Å². The van der Waals surface area contributed by atoms with Crippen LogP contribution >= 0.6 is 0 Å². The first-order valence-electron chi connectivity index (χ1n) is 12.1. The molecule has 2 saturated heterocycles. The number of aromatic nitrogens is 1. The van der Waals surface area contributed by atoms with Gasteiger partial charge in [0, 0.05) is 24.4 Å². The predicted octanol–water partition coefficient (Wildman–Crippen LogP) is 4.83. The van der Waals surface area contributed by atoms with Gasteiger partial charge in [-0.05, 0) is 39.0 Å². The number of para-hydroxylation sites is 2. The molecular weight excluding hydrogens is 458 g/mol. The van der Waals surface area contributed by atoms with Crippen LogP contribution in [0.1, 0.15) is 49.5 Å². The number of carbonyl (C=O) groups excluding carboxylic acids is 2. The van der Waals surface area contributed by atoms with Crippen LogP contribution in [0.4, 0.5) is 4.79 Å². The Balaban J connectivity index is 1.39. The largest absolute Gasteiger partial charge is 0.459 e. The molecule has 36 heavy (non-hydrogen) atoms. The lowest BCUT2D eigenvalue weighted by Crippen LogP contribution is -2.61. The quantitative estimate of drug-likeness (QED) is 0.492. The van der Waals surface area contributed by atoms with E-state index in [1.807, 2.05) is 67.8 Å². The molecule has 2 fully saturated rings. The van der Waals surface area contributed by atoms with Crippen LogP contribution in [0.15, 0.2) is 54.7 Å². The fraction of sp³-hybridized carbons (Fsp3) is 0.393. The van der Waals surface area contributed by atoms with Crippen molar-refractivity contribution >= 4 is 23.0 Å². The maximum absolute atomic E-state index is 13.4. The molecule has 3 aromatic rings. The second-order valence-corrected chi connectivity index (χ2v) is 10.3. The summed E-state index contributed by atoms with van der Waals surface area (Å²) in [6, 6.07) is 16.6. The summed E-state index contributed by atoms with van der Waals surface area (Å²) < 4.78 is 19.2. The minimum Gasteiger partial charge on any atom is -0.459 e. The van der Waals surface area contributed by atoms with E-state index in [4.69, 9.17) is 14.2 Å². The lowest BCUT2D eigenvalue weighted by Gasteiger charge is -2.47. The number of ether oxygens (including phenoxy) is 3. The molecular formula is C28H29N3O5. The van der Waals surface area contributed by atoms with Crippen LogP contribution in [0.2, 0.25) is 0 Å². The number of benzene rings is 2. The summed E-state index contributed by atoms with van der Waals surface area (Å²) in [7, 11) is 0. The molecule has 2 bridgehead atoms. The highest BCUT2D eigenvalue weighted by Gasteiger charge is 2.44. The first-order chi connectivity index (χ1) is 17.2. The van der Waals surface area contributed by atoms with Crippen LogP contribution in [-0.2, 0) is 14.2 Å². The number of hydrogen-bond donors (Lipinski definition) is 0. The Hall–Kier alpha value is -3.83. The number of morpholine rings is 1. The molecule has 2 aliphatic heterocycles. The highest BCUT2D eigenvalue weighted by molar-refractivity contribution is 6.05. The van der Waals surface area contributed by atoms with E-state index in [0.717, 1.165) is 10.9 Å². The highest BCUT2D eigenvalue weighted by Crippen LogP contribution is 2.33. The van der Waals surface area contributed by atoms with E-state index in [-0.39, 0.29) is 24.3 Å². The predicted molar refractivity (Wildman–Crippen MR) is 133 cm³/mol. The number of esters is 1. The fourth-order valence-electron chi connectivity index (χ4n) is 5.11. The molecule has 0 unspecified atom stereocenters. The van der Waals surface area contributed by atoms with Crippen molar-refractivity contribution in [2.45, 2.75) is 57.4 Å². The Morgan fingerprint density at radius 3 is 2.39 bits per heavy atom. The molecule has 3 heterocycles. The molecule has 1 aromatic heterocycles. The second-order valence-electron chi connectivity index (χ2n) is 10.3. The monoisotopic (exact) mass is 487 g/mol. The minimum absolute atomic E-state index is 0.214. The molecule has 2 aromatic carbocycles. The Kier molecular flexibility index (Phi) is 6.19. The Morgan fingerprint density at radius 1 is 1.03 bits per heavy atom. The maximum Gasteiger partial charge on any atom is 0.410 e.